The van der Waals surface area contributed by atoms with Crippen LogP contribution in [-0.2, 0) is 9.59 Å². The van der Waals surface area contributed by atoms with Gasteiger partial charge in [-0.15, -0.1) is 0 Å². The first-order chi connectivity index (χ1) is 8.43. The molecule has 0 spiro atoms. The lowest BCUT2D eigenvalue weighted by Crippen LogP contribution is -2.46. The fourth-order valence-corrected chi connectivity index (χ4v) is 2.27. The Kier molecular flexibility index (Phi) is 5.21. The zero-order chi connectivity index (χ0) is 13.7. The summed E-state index contributed by atoms with van der Waals surface area (Å²) in [5.74, 6) is -0.113. The number of carboxylic acid groups (broad SMARTS) is 1. The minimum absolute atomic E-state index is 0.0437. The van der Waals surface area contributed by atoms with Gasteiger partial charge < -0.3 is 10.0 Å². The number of rotatable bonds is 2. The standard InChI is InChI=1S/C11H16N2O4S/c1-7(8(2)10(15)16)9(14)12-11(17)13-3-5-18-6-4-13/h3-6H2,1-2H3,(H,15,16)(H,12,14,17). The van der Waals surface area contributed by atoms with E-state index in [9.17, 15) is 14.4 Å². The van der Waals surface area contributed by atoms with Gasteiger partial charge in [0.05, 0.1) is 0 Å². The molecule has 7 heteroatoms. The molecule has 0 radical (unpaired) electrons. The summed E-state index contributed by atoms with van der Waals surface area (Å²) in [6, 6.07) is -0.460. The molecule has 100 valence electrons. The van der Waals surface area contributed by atoms with E-state index in [1.165, 1.54) is 13.8 Å². The van der Waals surface area contributed by atoms with Crippen LogP contribution >= 0.6 is 11.8 Å². The van der Waals surface area contributed by atoms with E-state index >= 15 is 0 Å². The van der Waals surface area contributed by atoms with Crippen molar-refractivity contribution in [1.82, 2.24) is 10.2 Å². The summed E-state index contributed by atoms with van der Waals surface area (Å²) in [5.41, 5.74) is -0.0169. The van der Waals surface area contributed by atoms with E-state index in [1.807, 2.05) is 0 Å². The molecule has 0 saturated carbocycles. The number of carboxylic acids is 1. The van der Waals surface area contributed by atoms with Crippen molar-refractivity contribution in [3.05, 3.63) is 11.1 Å². The number of aliphatic carboxylic acids is 1. The molecule has 0 aromatic heterocycles. The summed E-state index contributed by atoms with van der Waals surface area (Å²) in [6.45, 7) is 3.92. The van der Waals surface area contributed by atoms with Crippen molar-refractivity contribution in [2.24, 2.45) is 0 Å². The third-order valence-corrected chi connectivity index (χ3v) is 3.69. The first-order valence-corrected chi connectivity index (χ1v) is 6.67. The second kappa shape index (κ2) is 6.44. The molecule has 6 nitrogen and oxygen atoms in total. The Morgan fingerprint density at radius 1 is 1.11 bits per heavy atom. The smallest absolute Gasteiger partial charge is 0.331 e. The quantitative estimate of drug-likeness (QED) is 0.722. The Bertz CT molecular complexity index is 400. The van der Waals surface area contributed by atoms with E-state index in [0.29, 0.717) is 13.1 Å². The number of carbonyl (C=O) groups is 3. The third kappa shape index (κ3) is 3.76. The number of imide groups is 1. The van der Waals surface area contributed by atoms with Crippen LogP contribution in [0.2, 0.25) is 0 Å². The van der Waals surface area contributed by atoms with Gasteiger partial charge >= 0.3 is 12.0 Å². The minimum atomic E-state index is -1.16. The van der Waals surface area contributed by atoms with Crippen molar-refractivity contribution in [3.63, 3.8) is 0 Å². The second-order valence-electron chi connectivity index (χ2n) is 3.91. The molecule has 1 rings (SSSR count). The Labute approximate surface area is 109 Å². The predicted molar refractivity (Wildman–Crippen MR) is 68.4 cm³/mol. The molecule has 1 aliphatic rings. The van der Waals surface area contributed by atoms with E-state index in [-0.39, 0.29) is 11.1 Å². The zero-order valence-corrected chi connectivity index (χ0v) is 11.2. The van der Waals surface area contributed by atoms with Gasteiger partial charge in [0.2, 0.25) is 0 Å². The number of amides is 3. The number of carbonyl (C=O) groups excluding carboxylic acids is 2. The Balaban J connectivity index is 2.61. The van der Waals surface area contributed by atoms with Crippen LogP contribution in [0.4, 0.5) is 4.79 Å². The Morgan fingerprint density at radius 2 is 1.67 bits per heavy atom. The van der Waals surface area contributed by atoms with E-state index in [0.717, 1.165) is 11.5 Å². The first-order valence-electron chi connectivity index (χ1n) is 5.52. The zero-order valence-electron chi connectivity index (χ0n) is 10.4. The molecule has 0 aromatic rings. The van der Waals surface area contributed by atoms with Crippen molar-refractivity contribution < 1.29 is 19.5 Å². The average Bonchev–Trinajstić information content (AvgIpc) is 2.37. The molecule has 1 aliphatic heterocycles. The topological polar surface area (TPSA) is 86.7 Å². The minimum Gasteiger partial charge on any atom is -0.478 e. The van der Waals surface area contributed by atoms with Gasteiger partial charge in [0.15, 0.2) is 0 Å². The largest absolute Gasteiger partial charge is 0.478 e. The summed E-state index contributed by atoms with van der Waals surface area (Å²) in [6.07, 6.45) is 0. The number of hydrogen-bond acceptors (Lipinski definition) is 4. The summed E-state index contributed by atoms with van der Waals surface area (Å²) in [7, 11) is 0. The molecule has 0 bridgehead atoms. The number of nitrogens with zero attached hydrogens (tertiary/aromatic N) is 1. The van der Waals surface area contributed by atoms with Gasteiger partial charge in [0.1, 0.15) is 0 Å². The summed E-state index contributed by atoms with van der Waals surface area (Å²) in [4.78, 5) is 35.6. The molecule has 0 unspecified atom stereocenters. The molecule has 0 atom stereocenters. The van der Waals surface area contributed by atoms with Gasteiger partial charge in [-0.1, -0.05) is 0 Å². The normalized spacial score (nSPS) is 16.9. The van der Waals surface area contributed by atoms with Crippen LogP contribution < -0.4 is 5.32 Å². The van der Waals surface area contributed by atoms with E-state index in [2.05, 4.69) is 5.32 Å². The van der Waals surface area contributed by atoms with Crippen molar-refractivity contribution >= 4 is 29.7 Å². The van der Waals surface area contributed by atoms with E-state index in [4.69, 9.17) is 5.11 Å². The molecule has 1 saturated heterocycles. The van der Waals surface area contributed by atoms with Crippen molar-refractivity contribution in [1.29, 1.82) is 0 Å². The molecular formula is C11H16N2O4S. The molecule has 0 aromatic carbocycles. The van der Waals surface area contributed by atoms with Crippen LogP contribution in [0.5, 0.6) is 0 Å². The summed E-state index contributed by atoms with van der Waals surface area (Å²) >= 11 is 1.76. The molecule has 0 aliphatic carbocycles. The maximum Gasteiger partial charge on any atom is 0.331 e. The lowest BCUT2D eigenvalue weighted by molar-refractivity contribution is -0.133. The van der Waals surface area contributed by atoms with Gasteiger partial charge in [-0.25, -0.2) is 9.59 Å². The number of nitrogens with one attached hydrogen (secondary N) is 1. The van der Waals surface area contributed by atoms with Gasteiger partial charge in [-0.05, 0) is 13.8 Å². The highest BCUT2D eigenvalue weighted by atomic mass is 32.2. The monoisotopic (exact) mass is 272 g/mol. The van der Waals surface area contributed by atoms with Gasteiger partial charge in [0, 0.05) is 35.7 Å². The highest BCUT2D eigenvalue weighted by Gasteiger charge is 2.20. The lowest BCUT2D eigenvalue weighted by atomic mass is 10.1. The number of hydrogen-bond donors (Lipinski definition) is 2. The molecule has 1 heterocycles. The molecule has 2 N–H and O–H groups in total. The van der Waals surface area contributed by atoms with Crippen LogP contribution in [0.1, 0.15) is 13.8 Å². The first kappa shape index (κ1) is 14.6. The van der Waals surface area contributed by atoms with Crippen molar-refractivity contribution in [2.75, 3.05) is 24.6 Å². The van der Waals surface area contributed by atoms with E-state index in [1.54, 1.807) is 16.7 Å². The molecule has 3 amide bonds. The Morgan fingerprint density at radius 3 is 2.17 bits per heavy atom. The average molecular weight is 272 g/mol. The number of urea groups is 1. The van der Waals surface area contributed by atoms with Crippen LogP contribution in [0.3, 0.4) is 0 Å². The summed E-state index contributed by atoms with van der Waals surface area (Å²) in [5, 5.41) is 11.0. The highest BCUT2D eigenvalue weighted by molar-refractivity contribution is 7.99. The van der Waals surface area contributed by atoms with Crippen LogP contribution in [0.25, 0.3) is 0 Å². The maximum atomic E-state index is 11.7. The van der Waals surface area contributed by atoms with Crippen molar-refractivity contribution in [3.8, 4) is 0 Å². The fraction of sp³-hybridized carbons (Fsp3) is 0.545. The van der Waals surface area contributed by atoms with Crippen LogP contribution in [0, 0.1) is 0 Å². The van der Waals surface area contributed by atoms with E-state index < -0.39 is 17.9 Å². The van der Waals surface area contributed by atoms with Gasteiger partial charge in [0.25, 0.3) is 5.91 Å². The second-order valence-corrected chi connectivity index (χ2v) is 5.14. The van der Waals surface area contributed by atoms with Gasteiger partial charge in [-0.3, -0.25) is 10.1 Å². The van der Waals surface area contributed by atoms with Crippen molar-refractivity contribution in [2.45, 2.75) is 13.8 Å². The van der Waals surface area contributed by atoms with Crippen LogP contribution in [0.15, 0.2) is 11.1 Å². The SMILES string of the molecule is CC(C(=O)O)=C(C)C(=O)NC(=O)N1CCSCC1. The lowest BCUT2D eigenvalue weighted by Gasteiger charge is -2.26. The molecule has 1 fully saturated rings. The highest BCUT2D eigenvalue weighted by Crippen LogP contribution is 2.09. The number of thioether (sulfide) groups is 1. The molecule has 18 heavy (non-hydrogen) atoms. The molecular weight excluding hydrogens is 256 g/mol. The summed E-state index contributed by atoms with van der Waals surface area (Å²) < 4.78 is 0. The van der Waals surface area contributed by atoms with Crippen LogP contribution in [-0.4, -0.2) is 52.5 Å². The van der Waals surface area contributed by atoms with Gasteiger partial charge in [-0.2, -0.15) is 11.8 Å². The predicted octanol–water partition coefficient (Wildman–Crippen LogP) is 0.692. The fourth-order valence-electron chi connectivity index (χ4n) is 1.37. The third-order valence-electron chi connectivity index (χ3n) is 2.74. The maximum absolute atomic E-state index is 11.7. The Hall–Kier alpha value is -1.50.